The van der Waals surface area contributed by atoms with E-state index in [0.717, 1.165) is 48.2 Å². The van der Waals surface area contributed by atoms with Crippen molar-refractivity contribution < 1.29 is 9.59 Å². The van der Waals surface area contributed by atoms with Gasteiger partial charge in [0.25, 0.3) is 0 Å². The highest BCUT2D eigenvalue weighted by Gasteiger charge is 2.23. The first-order valence-electron chi connectivity index (χ1n) is 11.7. The molecule has 3 aromatic carbocycles. The lowest BCUT2D eigenvalue weighted by atomic mass is 10.1. The molecule has 0 spiro atoms. The lowest BCUT2D eigenvalue weighted by molar-refractivity contribution is -0.124. The van der Waals surface area contributed by atoms with E-state index in [1.807, 2.05) is 66.4 Å². The molecular formula is C27H32N4O2. The van der Waals surface area contributed by atoms with Gasteiger partial charge >= 0.3 is 0 Å². The van der Waals surface area contributed by atoms with Gasteiger partial charge in [-0.3, -0.25) is 19.4 Å². The molecule has 6 nitrogen and oxygen atoms in total. The smallest absolute Gasteiger partial charge is 0.241 e. The molecule has 0 atom stereocenters. The largest absolute Gasteiger partial charge is 0.351 e. The molecule has 1 N–H and O–H groups in total. The Balaban J connectivity index is 1.26. The molecule has 1 aliphatic rings. The van der Waals surface area contributed by atoms with E-state index in [9.17, 15) is 9.59 Å². The van der Waals surface area contributed by atoms with Crippen LogP contribution in [-0.2, 0) is 16.1 Å². The fourth-order valence-electron chi connectivity index (χ4n) is 4.36. The molecule has 2 amide bonds. The maximum atomic E-state index is 13.2. The molecule has 3 aromatic rings. The highest BCUT2D eigenvalue weighted by molar-refractivity contribution is 6.04. The van der Waals surface area contributed by atoms with Gasteiger partial charge in [0.15, 0.2) is 0 Å². The number of hydrogen-bond donors (Lipinski definition) is 1. The quantitative estimate of drug-likeness (QED) is 0.580. The van der Waals surface area contributed by atoms with Crippen molar-refractivity contribution in [2.75, 3.05) is 50.7 Å². The minimum Gasteiger partial charge on any atom is -0.351 e. The van der Waals surface area contributed by atoms with Crippen LogP contribution in [0.25, 0.3) is 10.8 Å². The monoisotopic (exact) mass is 444 g/mol. The van der Waals surface area contributed by atoms with Crippen molar-refractivity contribution in [1.82, 2.24) is 15.1 Å². The second kappa shape index (κ2) is 11.1. The molecule has 4 rings (SSSR count). The van der Waals surface area contributed by atoms with Crippen LogP contribution in [0, 0.1) is 0 Å². The van der Waals surface area contributed by atoms with Crippen molar-refractivity contribution in [2.45, 2.75) is 13.5 Å². The number of benzene rings is 3. The van der Waals surface area contributed by atoms with E-state index in [1.54, 1.807) is 0 Å². The molecule has 0 radical (unpaired) electrons. The lowest BCUT2D eigenvalue weighted by Gasteiger charge is -2.35. The molecular weight excluding hydrogens is 412 g/mol. The zero-order chi connectivity index (χ0) is 23.0. The van der Waals surface area contributed by atoms with Crippen molar-refractivity contribution in [3.63, 3.8) is 0 Å². The van der Waals surface area contributed by atoms with Crippen LogP contribution in [0.2, 0.25) is 0 Å². The van der Waals surface area contributed by atoms with Gasteiger partial charge < -0.3 is 10.2 Å². The lowest BCUT2D eigenvalue weighted by Crippen LogP contribution is -2.52. The minimum atomic E-state index is 0.0384. The number of carbonyl (C=O) groups is 2. The third-order valence-electron chi connectivity index (χ3n) is 6.20. The van der Waals surface area contributed by atoms with Crippen LogP contribution in [0.5, 0.6) is 0 Å². The van der Waals surface area contributed by atoms with Gasteiger partial charge in [-0.1, -0.05) is 66.7 Å². The van der Waals surface area contributed by atoms with Gasteiger partial charge in [0, 0.05) is 44.7 Å². The molecule has 1 fully saturated rings. The van der Waals surface area contributed by atoms with Gasteiger partial charge in [0.2, 0.25) is 11.8 Å². The number of piperazine rings is 1. The van der Waals surface area contributed by atoms with E-state index in [2.05, 4.69) is 33.3 Å². The summed E-state index contributed by atoms with van der Waals surface area (Å²) in [6.45, 7) is 7.13. The zero-order valence-corrected chi connectivity index (χ0v) is 19.2. The minimum absolute atomic E-state index is 0.0384. The predicted octanol–water partition coefficient (Wildman–Crippen LogP) is 3.13. The number of rotatable bonds is 8. The number of likely N-dealkylation sites (N-methyl/N-ethyl adjacent to an activating group) is 1. The van der Waals surface area contributed by atoms with Crippen molar-refractivity contribution >= 4 is 28.3 Å². The van der Waals surface area contributed by atoms with Crippen molar-refractivity contribution in [2.24, 2.45) is 0 Å². The zero-order valence-electron chi connectivity index (χ0n) is 19.2. The standard InChI is InChI=1S/C27H32N4O2/c1-2-31(25-14-8-12-23-11-6-7-13-24(23)25)27(33)21-30-17-15-29(16-18-30)20-26(32)28-19-22-9-4-3-5-10-22/h3-14H,2,15-21H2,1H3,(H,28,32). The second-order valence-corrected chi connectivity index (χ2v) is 8.45. The Hall–Kier alpha value is -3.22. The van der Waals surface area contributed by atoms with Gasteiger partial charge in [-0.2, -0.15) is 0 Å². The van der Waals surface area contributed by atoms with E-state index < -0.39 is 0 Å². The number of nitrogens with zero attached hydrogens (tertiary/aromatic N) is 3. The Morgan fingerprint density at radius 2 is 1.45 bits per heavy atom. The first-order valence-corrected chi connectivity index (χ1v) is 11.7. The maximum Gasteiger partial charge on any atom is 0.241 e. The average molecular weight is 445 g/mol. The van der Waals surface area contributed by atoms with E-state index in [-0.39, 0.29) is 11.8 Å². The van der Waals surface area contributed by atoms with Crippen molar-refractivity contribution in [3.05, 3.63) is 78.4 Å². The van der Waals surface area contributed by atoms with Crippen molar-refractivity contribution in [3.8, 4) is 0 Å². The molecule has 0 aromatic heterocycles. The first kappa shape index (κ1) is 23.0. The number of amides is 2. The van der Waals surface area contributed by atoms with Crippen LogP contribution in [0.1, 0.15) is 12.5 Å². The molecule has 0 aliphatic carbocycles. The Labute approximate surface area is 195 Å². The van der Waals surface area contributed by atoms with E-state index >= 15 is 0 Å². The molecule has 0 unspecified atom stereocenters. The van der Waals surface area contributed by atoms with Gasteiger partial charge in [-0.15, -0.1) is 0 Å². The highest BCUT2D eigenvalue weighted by atomic mass is 16.2. The summed E-state index contributed by atoms with van der Waals surface area (Å²) in [5.41, 5.74) is 2.06. The predicted molar refractivity (Wildman–Crippen MR) is 133 cm³/mol. The van der Waals surface area contributed by atoms with Gasteiger partial charge in [-0.05, 0) is 23.9 Å². The third-order valence-corrected chi connectivity index (χ3v) is 6.20. The number of carbonyl (C=O) groups excluding carboxylic acids is 2. The second-order valence-electron chi connectivity index (χ2n) is 8.45. The fourth-order valence-corrected chi connectivity index (χ4v) is 4.36. The van der Waals surface area contributed by atoms with Crippen LogP contribution in [-0.4, -0.2) is 67.4 Å². The SMILES string of the molecule is CCN(C(=O)CN1CCN(CC(=O)NCc2ccccc2)CC1)c1cccc2ccccc12. The van der Waals surface area contributed by atoms with Gasteiger partial charge in [-0.25, -0.2) is 0 Å². The number of fused-ring (bicyclic) bond motifs is 1. The maximum absolute atomic E-state index is 13.2. The van der Waals surface area contributed by atoms with Gasteiger partial charge in [0.05, 0.1) is 18.8 Å². The summed E-state index contributed by atoms with van der Waals surface area (Å²) in [4.78, 5) is 31.7. The highest BCUT2D eigenvalue weighted by Crippen LogP contribution is 2.26. The number of anilines is 1. The topological polar surface area (TPSA) is 55.9 Å². The molecule has 1 saturated heterocycles. The molecule has 33 heavy (non-hydrogen) atoms. The van der Waals surface area contributed by atoms with Crippen LogP contribution in [0.3, 0.4) is 0 Å². The van der Waals surface area contributed by atoms with Crippen LogP contribution in [0.15, 0.2) is 72.8 Å². The average Bonchev–Trinajstić information content (AvgIpc) is 2.85. The summed E-state index contributed by atoms with van der Waals surface area (Å²) >= 11 is 0. The normalized spacial score (nSPS) is 14.8. The summed E-state index contributed by atoms with van der Waals surface area (Å²) in [6.07, 6.45) is 0. The summed E-state index contributed by atoms with van der Waals surface area (Å²) in [5.74, 6) is 0.152. The summed E-state index contributed by atoms with van der Waals surface area (Å²) in [6, 6.07) is 24.2. The van der Waals surface area contributed by atoms with Crippen molar-refractivity contribution in [1.29, 1.82) is 0 Å². The van der Waals surface area contributed by atoms with E-state index in [4.69, 9.17) is 0 Å². The molecule has 1 heterocycles. The first-order chi connectivity index (χ1) is 16.1. The molecule has 1 aliphatic heterocycles. The summed E-state index contributed by atoms with van der Waals surface area (Å²) < 4.78 is 0. The van der Waals surface area contributed by atoms with Crippen LogP contribution < -0.4 is 10.2 Å². The Morgan fingerprint density at radius 1 is 0.818 bits per heavy atom. The summed E-state index contributed by atoms with van der Waals surface area (Å²) in [5, 5.41) is 5.23. The molecule has 0 saturated carbocycles. The van der Waals surface area contributed by atoms with E-state index in [1.165, 1.54) is 0 Å². The molecule has 0 bridgehead atoms. The third kappa shape index (κ3) is 5.97. The fraction of sp³-hybridized carbons (Fsp3) is 0.333. The van der Waals surface area contributed by atoms with E-state index in [0.29, 0.717) is 26.2 Å². The Kier molecular flexibility index (Phi) is 7.70. The Morgan fingerprint density at radius 3 is 2.18 bits per heavy atom. The van der Waals surface area contributed by atoms with Gasteiger partial charge in [0.1, 0.15) is 0 Å². The van der Waals surface area contributed by atoms with Crippen LogP contribution >= 0.6 is 0 Å². The molecule has 172 valence electrons. The number of hydrogen-bond acceptors (Lipinski definition) is 4. The summed E-state index contributed by atoms with van der Waals surface area (Å²) in [7, 11) is 0. The van der Waals surface area contributed by atoms with Crippen LogP contribution in [0.4, 0.5) is 5.69 Å². The number of nitrogens with one attached hydrogen (secondary N) is 1. The Bertz CT molecular complexity index is 1070. The molecule has 6 heteroatoms.